The molecule has 1 rings (SSSR count). The third-order valence-corrected chi connectivity index (χ3v) is 1.65. The van der Waals surface area contributed by atoms with Crippen molar-refractivity contribution in [3.8, 4) is 0 Å². The fraction of sp³-hybridized carbons (Fsp3) is 0.500. The molecular formula is C8H12ClN3. The van der Waals surface area contributed by atoms with Crippen LogP contribution in [0.3, 0.4) is 0 Å². The van der Waals surface area contributed by atoms with Crippen LogP contribution in [0.2, 0.25) is 0 Å². The van der Waals surface area contributed by atoms with Crippen LogP contribution in [0.5, 0.6) is 0 Å². The van der Waals surface area contributed by atoms with Gasteiger partial charge in [-0.1, -0.05) is 0 Å². The number of rotatable bonds is 3. The van der Waals surface area contributed by atoms with Crippen molar-refractivity contribution < 1.29 is 0 Å². The molecule has 1 aromatic heterocycles. The standard InChI is InChI=1S/C8H12ClN3/c1-6-5-11-7(2)8(12-6)10-4-3-9/h5H,3-4H2,1-2H3,(H,10,12). The van der Waals surface area contributed by atoms with Gasteiger partial charge >= 0.3 is 0 Å². The van der Waals surface area contributed by atoms with Crippen molar-refractivity contribution >= 4 is 17.4 Å². The van der Waals surface area contributed by atoms with Crippen LogP contribution in [0.4, 0.5) is 5.82 Å². The minimum atomic E-state index is 0.578. The predicted octanol–water partition coefficient (Wildman–Crippen LogP) is 1.74. The minimum absolute atomic E-state index is 0.578. The van der Waals surface area contributed by atoms with Crippen molar-refractivity contribution in [1.29, 1.82) is 0 Å². The lowest BCUT2D eigenvalue weighted by molar-refractivity contribution is 1.04. The molecule has 4 heteroatoms. The van der Waals surface area contributed by atoms with Gasteiger partial charge in [-0.3, -0.25) is 4.98 Å². The molecule has 0 saturated heterocycles. The van der Waals surface area contributed by atoms with Crippen LogP contribution in [0.1, 0.15) is 11.4 Å². The summed E-state index contributed by atoms with van der Waals surface area (Å²) in [5, 5.41) is 3.10. The number of hydrogen-bond acceptors (Lipinski definition) is 3. The molecular weight excluding hydrogens is 174 g/mol. The molecule has 0 aliphatic heterocycles. The van der Waals surface area contributed by atoms with E-state index >= 15 is 0 Å². The summed E-state index contributed by atoms with van der Waals surface area (Å²) in [7, 11) is 0. The molecule has 0 saturated carbocycles. The summed E-state index contributed by atoms with van der Waals surface area (Å²) < 4.78 is 0. The van der Waals surface area contributed by atoms with Crippen LogP contribution in [0.15, 0.2) is 6.20 Å². The number of halogens is 1. The van der Waals surface area contributed by atoms with Crippen molar-refractivity contribution in [2.24, 2.45) is 0 Å². The van der Waals surface area contributed by atoms with E-state index in [-0.39, 0.29) is 0 Å². The highest BCUT2D eigenvalue weighted by molar-refractivity contribution is 6.18. The SMILES string of the molecule is Cc1cnc(C)c(NCCCl)n1. The van der Waals surface area contributed by atoms with E-state index < -0.39 is 0 Å². The summed E-state index contributed by atoms with van der Waals surface area (Å²) in [5.74, 6) is 1.41. The van der Waals surface area contributed by atoms with Gasteiger partial charge in [-0.05, 0) is 13.8 Å². The molecule has 1 N–H and O–H groups in total. The zero-order chi connectivity index (χ0) is 8.97. The Hall–Kier alpha value is -0.830. The molecule has 0 fully saturated rings. The van der Waals surface area contributed by atoms with Gasteiger partial charge < -0.3 is 5.32 Å². The molecule has 0 aliphatic rings. The molecule has 1 aromatic rings. The molecule has 0 atom stereocenters. The number of aromatic nitrogens is 2. The predicted molar refractivity (Wildman–Crippen MR) is 50.7 cm³/mol. The maximum Gasteiger partial charge on any atom is 0.147 e. The van der Waals surface area contributed by atoms with E-state index in [0.717, 1.165) is 23.8 Å². The highest BCUT2D eigenvalue weighted by Gasteiger charge is 1.99. The van der Waals surface area contributed by atoms with Crippen molar-refractivity contribution in [3.63, 3.8) is 0 Å². The Morgan fingerprint density at radius 2 is 2.25 bits per heavy atom. The van der Waals surface area contributed by atoms with E-state index in [4.69, 9.17) is 11.6 Å². The largest absolute Gasteiger partial charge is 0.367 e. The van der Waals surface area contributed by atoms with Crippen LogP contribution in [-0.2, 0) is 0 Å². The number of aryl methyl sites for hydroxylation is 2. The number of nitrogens with zero attached hydrogens (tertiary/aromatic N) is 2. The number of nitrogens with one attached hydrogen (secondary N) is 1. The zero-order valence-electron chi connectivity index (χ0n) is 7.26. The number of alkyl halides is 1. The van der Waals surface area contributed by atoms with E-state index in [9.17, 15) is 0 Å². The second kappa shape index (κ2) is 4.26. The van der Waals surface area contributed by atoms with Gasteiger partial charge in [-0.15, -0.1) is 11.6 Å². The first-order chi connectivity index (χ1) is 5.74. The normalized spacial score (nSPS) is 9.92. The Morgan fingerprint density at radius 1 is 1.50 bits per heavy atom. The molecule has 0 radical (unpaired) electrons. The maximum absolute atomic E-state index is 5.53. The Kier molecular flexibility index (Phi) is 3.29. The van der Waals surface area contributed by atoms with Crippen LogP contribution in [0, 0.1) is 13.8 Å². The van der Waals surface area contributed by atoms with Crippen molar-refractivity contribution in [1.82, 2.24) is 9.97 Å². The van der Waals surface area contributed by atoms with Crippen LogP contribution in [0.25, 0.3) is 0 Å². The van der Waals surface area contributed by atoms with E-state index in [1.54, 1.807) is 6.20 Å². The molecule has 0 unspecified atom stereocenters. The van der Waals surface area contributed by atoms with Gasteiger partial charge in [0.25, 0.3) is 0 Å². The molecule has 1 heterocycles. The van der Waals surface area contributed by atoms with Crippen LogP contribution < -0.4 is 5.32 Å². The van der Waals surface area contributed by atoms with E-state index in [1.165, 1.54) is 0 Å². The molecule has 0 bridgehead atoms. The van der Waals surface area contributed by atoms with E-state index in [2.05, 4.69) is 15.3 Å². The molecule has 0 aromatic carbocycles. The van der Waals surface area contributed by atoms with Crippen molar-refractivity contribution in [2.75, 3.05) is 17.7 Å². The molecule has 66 valence electrons. The summed E-state index contributed by atoms with van der Waals surface area (Å²) >= 11 is 5.53. The van der Waals surface area contributed by atoms with Crippen LogP contribution >= 0.6 is 11.6 Å². The van der Waals surface area contributed by atoms with Gasteiger partial charge in [0.1, 0.15) is 5.82 Å². The van der Waals surface area contributed by atoms with E-state index in [0.29, 0.717) is 5.88 Å². The Bertz CT molecular complexity index is 262. The first-order valence-corrected chi connectivity index (χ1v) is 4.37. The van der Waals surface area contributed by atoms with Gasteiger partial charge in [-0.25, -0.2) is 4.98 Å². The fourth-order valence-electron chi connectivity index (χ4n) is 0.871. The third-order valence-electron chi connectivity index (χ3n) is 1.46. The lowest BCUT2D eigenvalue weighted by Crippen LogP contribution is -2.07. The number of anilines is 1. The molecule has 3 nitrogen and oxygen atoms in total. The molecule has 0 aliphatic carbocycles. The Labute approximate surface area is 77.2 Å². The van der Waals surface area contributed by atoms with Gasteiger partial charge in [0, 0.05) is 18.6 Å². The summed E-state index contributed by atoms with van der Waals surface area (Å²) in [5.41, 5.74) is 1.82. The Balaban J connectivity index is 2.75. The first kappa shape index (κ1) is 9.26. The van der Waals surface area contributed by atoms with Gasteiger partial charge in [0.05, 0.1) is 11.4 Å². The smallest absolute Gasteiger partial charge is 0.147 e. The lowest BCUT2D eigenvalue weighted by atomic mass is 10.4. The summed E-state index contributed by atoms with van der Waals surface area (Å²) in [6.07, 6.45) is 1.75. The topological polar surface area (TPSA) is 37.8 Å². The van der Waals surface area contributed by atoms with Crippen molar-refractivity contribution in [3.05, 3.63) is 17.6 Å². The van der Waals surface area contributed by atoms with Gasteiger partial charge in [0.15, 0.2) is 0 Å². The highest BCUT2D eigenvalue weighted by Crippen LogP contribution is 2.07. The second-order valence-electron chi connectivity index (χ2n) is 2.56. The van der Waals surface area contributed by atoms with E-state index in [1.807, 2.05) is 13.8 Å². The average Bonchev–Trinajstić information content (AvgIpc) is 2.07. The van der Waals surface area contributed by atoms with Crippen LogP contribution in [-0.4, -0.2) is 22.4 Å². The maximum atomic E-state index is 5.53. The molecule has 12 heavy (non-hydrogen) atoms. The zero-order valence-corrected chi connectivity index (χ0v) is 8.02. The number of hydrogen-bond donors (Lipinski definition) is 1. The average molecular weight is 186 g/mol. The fourth-order valence-corrected chi connectivity index (χ4v) is 0.965. The third kappa shape index (κ3) is 2.34. The van der Waals surface area contributed by atoms with Gasteiger partial charge in [0.2, 0.25) is 0 Å². The van der Waals surface area contributed by atoms with Crippen molar-refractivity contribution in [2.45, 2.75) is 13.8 Å². The second-order valence-corrected chi connectivity index (χ2v) is 2.94. The summed E-state index contributed by atoms with van der Waals surface area (Å²) in [6, 6.07) is 0. The molecule has 0 amide bonds. The minimum Gasteiger partial charge on any atom is -0.367 e. The monoisotopic (exact) mass is 185 g/mol. The highest BCUT2D eigenvalue weighted by atomic mass is 35.5. The quantitative estimate of drug-likeness (QED) is 0.730. The summed E-state index contributed by atoms with van der Waals surface area (Å²) in [6.45, 7) is 4.56. The lowest BCUT2D eigenvalue weighted by Gasteiger charge is -2.05. The molecule has 0 spiro atoms. The first-order valence-electron chi connectivity index (χ1n) is 3.84. The Morgan fingerprint density at radius 3 is 2.92 bits per heavy atom. The summed E-state index contributed by atoms with van der Waals surface area (Å²) in [4.78, 5) is 8.44. The van der Waals surface area contributed by atoms with Gasteiger partial charge in [-0.2, -0.15) is 0 Å².